The van der Waals surface area contributed by atoms with Crippen LogP contribution in [0.1, 0.15) is 80.0 Å². The van der Waals surface area contributed by atoms with Crippen LogP contribution in [-0.2, 0) is 0 Å². The number of amides is 1. The Balaban J connectivity index is 0.000000463. The second-order valence-corrected chi connectivity index (χ2v) is 14.0. The number of thiol groups is 1. The Hall–Kier alpha value is -1.79. The number of hydrogen-bond donors (Lipinski definition) is 2. The molecular weight excluding hydrogens is 596 g/mol. The number of rotatable bonds is 6. The molecule has 4 aliphatic rings. The molecule has 3 aliphatic heterocycles. The van der Waals surface area contributed by atoms with Crippen LogP contribution in [0.5, 0.6) is 0 Å². The molecule has 0 bridgehead atoms. The molecule has 1 aliphatic carbocycles. The molecule has 1 saturated carbocycles. The zero-order valence-corrected chi connectivity index (χ0v) is 28.3. The number of aryl methyl sites for hydroxylation is 2. The summed E-state index contributed by atoms with van der Waals surface area (Å²) >= 11 is 9.67. The Labute approximate surface area is 274 Å². The third-order valence-corrected chi connectivity index (χ3v) is 10.5. The number of carbonyl (C=O) groups excluding carboxylic acids is 1. The molecule has 1 amide bonds. The van der Waals surface area contributed by atoms with Crippen LogP contribution in [0, 0.1) is 19.8 Å². The lowest BCUT2D eigenvalue weighted by molar-refractivity contribution is -0.00891. The minimum atomic E-state index is 0. The van der Waals surface area contributed by atoms with Crippen LogP contribution in [0.15, 0.2) is 35.5 Å². The smallest absolute Gasteiger partial charge is 0.257 e. The van der Waals surface area contributed by atoms with Crippen molar-refractivity contribution in [3.05, 3.63) is 52.6 Å². The first-order valence-corrected chi connectivity index (χ1v) is 16.8. The molecule has 1 aromatic heterocycles. The highest BCUT2D eigenvalue weighted by Gasteiger charge is 2.41. The van der Waals surface area contributed by atoms with Gasteiger partial charge in [-0.1, -0.05) is 17.7 Å². The second-order valence-electron chi connectivity index (χ2n) is 13.0. The number of piperidine rings is 3. The van der Waals surface area contributed by atoms with Gasteiger partial charge in [-0.3, -0.25) is 14.6 Å². The van der Waals surface area contributed by atoms with Crippen molar-refractivity contribution in [1.29, 1.82) is 0 Å². The Morgan fingerprint density at radius 1 is 0.977 bits per heavy atom. The fourth-order valence-electron chi connectivity index (χ4n) is 7.12. The van der Waals surface area contributed by atoms with E-state index in [2.05, 4.69) is 44.6 Å². The summed E-state index contributed by atoms with van der Waals surface area (Å²) in [6, 6.07) is 8.91. The van der Waals surface area contributed by atoms with Gasteiger partial charge in [0.1, 0.15) is 6.33 Å². The quantitative estimate of drug-likeness (QED) is 0.456. The number of benzene rings is 1. The van der Waals surface area contributed by atoms with Gasteiger partial charge in [-0.15, -0.1) is 12.6 Å². The van der Waals surface area contributed by atoms with Crippen LogP contribution in [0.2, 0.25) is 5.02 Å². The molecular formula is C33H53ClN6O3S. The molecule has 1 aromatic carbocycles. The van der Waals surface area contributed by atoms with Crippen molar-refractivity contribution in [2.75, 3.05) is 45.8 Å². The van der Waals surface area contributed by atoms with E-state index in [0.717, 1.165) is 65.2 Å². The highest BCUT2D eigenvalue weighted by molar-refractivity contribution is 7.80. The number of nitrogens with zero attached hydrogens (tertiary/aromatic N) is 5. The highest BCUT2D eigenvalue weighted by atomic mass is 35.5. The lowest BCUT2D eigenvalue weighted by Gasteiger charge is -2.51. The van der Waals surface area contributed by atoms with Crippen molar-refractivity contribution in [2.24, 2.45) is 5.92 Å². The standard InChI is InChI=1S/C27H44N6O.C6H5ClS.2H2O/c1-20-25(21(2)30-19-29-20)26(34)31-16-10-27(3,11-17-31)32-14-8-24(9-15-32)33(18-22-4-5-22)23-6-12-28-13-7-23;7-5-2-1-3-6(8)4-5;;/h19,22-24,28H,4-18H2,1-3H3;1-4,8H;2*1H2. The van der Waals surface area contributed by atoms with Gasteiger partial charge >= 0.3 is 0 Å². The maximum absolute atomic E-state index is 13.2. The van der Waals surface area contributed by atoms with Crippen molar-refractivity contribution >= 4 is 30.1 Å². The second kappa shape index (κ2) is 16.7. The van der Waals surface area contributed by atoms with Gasteiger partial charge in [0.05, 0.1) is 17.0 Å². The van der Waals surface area contributed by atoms with Crippen LogP contribution in [0.3, 0.4) is 0 Å². The summed E-state index contributed by atoms with van der Waals surface area (Å²) in [6.45, 7) is 14.0. The molecule has 5 N–H and O–H groups in total. The summed E-state index contributed by atoms with van der Waals surface area (Å²) in [7, 11) is 0. The van der Waals surface area contributed by atoms with Gasteiger partial charge in [-0.2, -0.15) is 0 Å². The van der Waals surface area contributed by atoms with E-state index in [1.54, 1.807) is 12.4 Å². The third-order valence-electron chi connectivity index (χ3n) is 10.0. The van der Waals surface area contributed by atoms with Crippen LogP contribution in [0.4, 0.5) is 0 Å². The average Bonchev–Trinajstić information content (AvgIpc) is 3.81. The largest absolute Gasteiger partial charge is 0.412 e. The van der Waals surface area contributed by atoms with Gasteiger partial charge in [-0.25, -0.2) is 9.97 Å². The van der Waals surface area contributed by atoms with Gasteiger partial charge in [0.15, 0.2) is 0 Å². The molecule has 0 unspecified atom stereocenters. The predicted octanol–water partition coefficient (Wildman–Crippen LogP) is 4.00. The molecule has 0 atom stereocenters. The SMILES string of the molecule is Cc1ncnc(C)c1C(=O)N1CCC(C)(N2CCC(N(CC3CC3)C3CCNCC3)CC2)CC1.O.O.Sc1cccc(Cl)c1. The van der Waals surface area contributed by atoms with Crippen molar-refractivity contribution < 1.29 is 15.7 Å². The first-order chi connectivity index (χ1) is 20.2. The van der Waals surface area contributed by atoms with Crippen molar-refractivity contribution in [3.8, 4) is 0 Å². The third kappa shape index (κ3) is 9.37. The molecule has 0 spiro atoms. The normalized spacial score (nSPS) is 21.1. The van der Waals surface area contributed by atoms with E-state index in [0.29, 0.717) is 5.56 Å². The monoisotopic (exact) mass is 648 g/mol. The Kier molecular flexibility index (Phi) is 13.9. The number of halogens is 1. The summed E-state index contributed by atoms with van der Waals surface area (Å²) in [6.07, 6.45) is 11.8. The molecule has 4 fully saturated rings. The minimum absolute atomic E-state index is 0. The number of likely N-dealkylation sites (tertiary alicyclic amines) is 2. The van der Waals surface area contributed by atoms with E-state index >= 15 is 0 Å². The van der Waals surface area contributed by atoms with E-state index in [4.69, 9.17) is 11.6 Å². The fourth-order valence-corrected chi connectivity index (χ4v) is 7.61. The van der Waals surface area contributed by atoms with Crippen molar-refractivity contribution in [3.63, 3.8) is 0 Å². The number of nitrogens with one attached hydrogen (secondary N) is 1. The summed E-state index contributed by atoms with van der Waals surface area (Å²) in [5.74, 6) is 1.07. The number of carbonyl (C=O) groups is 1. The van der Waals surface area contributed by atoms with E-state index in [9.17, 15) is 4.79 Å². The van der Waals surface area contributed by atoms with Crippen LogP contribution >= 0.6 is 24.2 Å². The molecule has 4 heterocycles. The summed E-state index contributed by atoms with van der Waals surface area (Å²) in [5.41, 5.74) is 2.48. The van der Waals surface area contributed by atoms with E-state index in [-0.39, 0.29) is 22.4 Å². The van der Waals surface area contributed by atoms with Crippen LogP contribution < -0.4 is 5.32 Å². The average molecular weight is 649 g/mol. The van der Waals surface area contributed by atoms with E-state index in [1.807, 2.05) is 36.9 Å². The first-order valence-electron chi connectivity index (χ1n) is 16.0. The zero-order valence-electron chi connectivity index (χ0n) is 26.7. The Morgan fingerprint density at radius 3 is 2.09 bits per heavy atom. The Morgan fingerprint density at radius 2 is 1.57 bits per heavy atom. The number of aromatic nitrogens is 2. The minimum Gasteiger partial charge on any atom is -0.412 e. The van der Waals surface area contributed by atoms with Crippen LogP contribution in [-0.4, -0.2) is 105 Å². The molecule has 44 heavy (non-hydrogen) atoms. The number of hydrogen-bond acceptors (Lipinski definition) is 7. The lowest BCUT2D eigenvalue weighted by Crippen LogP contribution is -2.59. The first kappa shape index (κ1) is 36.7. The Bertz CT molecular complexity index is 1160. The summed E-state index contributed by atoms with van der Waals surface area (Å²) in [5, 5.41) is 4.29. The topological polar surface area (TPSA) is 128 Å². The van der Waals surface area contributed by atoms with Crippen LogP contribution in [0.25, 0.3) is 0 Å². The van der Waals surface area contributed by atoms with Crippen molar-refractivity contribution in [2.45, 2.75) is 94.7 Å². The summed E-state index contributed by atoms with van der Waals surface area (Å²) < 4.78 is 0. The van der Waals surface area contributed by atoms with Gasteiger partial charge in [0.25, 0.3) is 5.91 Å². The molecule has 6 rings (SSSR count). The molecule has 0 radical (unpaired) electrons. The van der Waals surface area contributed by atoms with Gasteiger partial charge in [-0.05, 0) is 109 Å². The molecule has 11 heteroatoms. The molecule has 9 nitrogen and oxygen atoms in total. The molecule has 3 saturated heterocycles. The highest BCUT2D eigenvalue weighted by Crippen LogP contribution is 2.36. The van der Waals surface area contributed by atoms with Gasteiger partial charge in [0, 0.05) is 60.3 Å². The maximum atomic E-state index is 13.2. The maximum Gasteiger partial charge on any atom is 0.257 e. The van der Waals surface area contributed by atoms with Crippen molar-refractivity contribution in [1.82, 2.24) is 30.0 Å². The van der Waals surface area contributed by atoms with E-state index in [1.165, 1.54) is 71.2 Å². The van der Waals surface area contributed by atoms with E-state index < -0.39 is 0 Å². The van der Waals surface area contributed by atoms with Gasteiger partial charge < -0.3 is 21.2 Å². The summed E-state index contributed by atoms with van der Waals surface area (Å²) in [4.78, 5) is 30.4. The molecule has 246 valence electrons. The lowest BCUT2D eigenvalue weighted by atomic mass is 9.84. The zero-order chi connectivity index (χ0) is 29.7. The molecule has 2 aromatic rings. The predicted molar refractivity (Wildman–Crippen MR) is 181 cm³/mol. The fraction of sp³-hybridized carbons (Fsp3) is 0.667. The van der Waals surface area contributed by atoms with Gasteiger partial charge in [0.2, 0.25) is 0 Å².